The number of sulfone groups is 1. The Morgan fingerprint density at radius 1 is 1.22 bits per heavy atom. The van der Waals surface area contributed by atoms with Crippen molar-refractivity contribution < 1.29 is 22.3 Å². The zero-order valence-corrected chi connectivity index (χ0v) is 16.0. The maximum absolute atomic E-state index is 13.1. The lowest BCUT2D eigenvalue weighted by Crippen LogP contribution is -2.43. The van der Waals surface area contributed by atoms with Crippen molar-refractivity contribution >= 4 is 27.3 Å². The molecule has 0 aliphatic carbocycles. The predicted octanol–water partition coefficient (Wildman–Crippen LogP) is 3.07. The number of ether oxygens (including phenoxy) is 1. The molecule has 1 aliphatic rings. The number of benzene rings is 2. The fourth-order valence-electron chi connectivity index (χ4n) is 3.01. The van der Waals surface area contributed by atoms with Gasteiger partial charge in [0.2, 0.25) is 0 Å². The molecule has 1 amide bonds. The Kier molecular flexibility index (Phi) is 6.01. The molecule has 0 N–H and O–H groups in total. The Labute approximate surface area is 162 Å². The van der Waals surface area contributed by atoms with E-state index in [4.69, 9.17) is 16.3 Å². The number of halogens is 2. The van der Waals surface area contributed by atoms with Crippen LogP contribution in [-0.4, -0.2) is 43.4 Å². The van der Waals surface area contributed by atoms with Crippen LogP contribution in [0, 0.1) is 5.82 Å². The first-order valence-corrected chi connectivity index (χ1v) is 10.6. The van der Waals surface area contributed by atoms with E-state index in [-0.39, 0.29) is 36.4 Å². The molecule has 144 valence electrons. The highest BCUT2D eigenvalue weighted by Crippen LogP contribution is 2.22. The quantitative estimate of drug-likeness (QED) is 0.732. The molecular weight excluding hydrogens is 393 g/mol. The van der Waals surface area contributed by atoms with Crippen LogP contribution in [0.15, 0.2) is 48.5 Å². The third-order valence-electron chi connectivity index (χ3n) is 4.39. The highest BCUT2D eigenvalue weighted by molar-refractivity contribution is 7.91. The SMILES string of the molecule is O=C(COc1cccc(Cl)c1)N(Cc1ccc(F)cc1)C1CCS(=O)(=O)C1. The van der Waals surface area contributed by atoms with Crippen LogP contribution in [0.4, 0.5) is 4.39 Å². The summed E-state index contributed by atoms with van der Waals surface area (Å²) >= 11 is 5.91. The molecule has 2 aromatic carbocycles. The molecule has 0 spiro atoms. The molecular formula is C19H19ClFNO4S. The second-order valence-electron chi connectivity index (χ2n) is 6.45. The van der Waals surface area contributed by atoms with E-state index in [1.165, 1.54) is 17.0 Å². The van der Waals surface area contributed by atoms with E-state index >= 15 is 0 Å². The summed E-state index contributed by atoms with van der Waals surface area (Å²) in [6.45, 7) is -0.0453. The maximum Gasteiger partial charge on any atom is 0.261 e. The van der Waals surface area contributed by atoms with Gasteiger partial charge in [-0.1, -0.05) is 29.8 Å². The molecule has 3 rings (SSSR count). The minimum Gasteiger partial charge on any atom is -0.484 e. The number of hydrogen-bond acceptors (Lipinski definition) is 4. The lowest BCUT2D eigenvalue weighted by Gasteiger charge is -2.28. The van der Waals surface area contributed by atoms with Crippen molar-refractivity contribution in [2.45, 2.75) is 19.0 Å². The van der Waals surface area contributed by atoms with Gasteiger partial charge in [-0.05, 0) is 42.3 Å². The second-order valence-corrected chi connectivity index (χ2v) is 9.12. The molecule has 1 fully saturated rings. The van der Waals surface area contributed by atoms with Crippen molar-refractivity contribution in [3.05, 3.63) is 64.9 Å². The first kappa shape index (κ1) is 19.6. The van der Waals surface area contributed by atoms with Gasteiger partial charge in [0.05, 0.1) is 11.5 Å². The molecule has 0 radical (unpaired) electrons. The summed E-state index contributed by atoms with van der Waals surface area (Å²) in [5.41, 5.74) is 0.719. The van der Waals surface area contributed by atoms with Gasteiger partial charge in [-0.15, -0.1) is 0 Å². The van der Waals surface area contributed by atoms with E-state index in [1.807, 2.05) is 0 Å². The predicted molar refractivity (Wildman–Crippen MR) is 101 cm³/mol. The molecule has 8 heteroatoms. The third-order valence-corrected chi connectivity index (χ3v) is 6.38. The van der Waals surface area contributed by atoms with E-state index in [1.54, 1.807) is 36.4 Å². The van der Waals surface area contributed by atoms with E-state index in [2.05, 4.69) is 0 Å². The normalized spacial score (nSPS) is 18.2. The molecule has 0 saturated carbocycles. The number of rotatable bonds is 6. The van der Waals surface area contributed by atoms with Gasteiger partial charge >= 0.3 is 0 Å². The highest BCUT2D eigenvalue weighted by atomic mass is 35.5. The molecule has 0 aromatic heterocycles. The van der Waals surface area contributed by atoms with Gasteiger partial charge in [-0.25, -0.2) is 12.8 Å². The molecule has 5 nitrogen and oxygen atoms in total. The maximum atomic E-state index is 13.1. The highest BCUT2D eigenvalue weighted by Gasteiger charge is 2.34. The first-order valence-electron chi connectivity index (χ1n) is 8.45. The molecule has 1 saturated heterocycles. The van der Waals surface area contributed by atoms with Crippen LogP contribution in [0.5, 0.6) is 5.75 Å². The Morgan fingerprint density at radius 3 is 2.59 bits per heavy atom. The van der Waals surface area contributed by atoms with Crippen molar-refractivity contribution in [3.63, 3.8) is 0 Å². The zero-order valence-electron chi connectivity index (χ0n) is 14.5. The van der Waals surface area contributed by atoms with Gasteiger partial charge in [-0.3, -0.25) is 4.79 Å². The van der Waals surface area contributed by atoms with Crippen LogP contribution in [-0.2, 0) is 21.2 Å². The molecule has 1 unspecified atom stereocenters. The fraction of sp³-hybridized carbons (Fsp3) is 0.316. The monoisotopic (exact) mass is 411 g/mol. The smallest absolute Gasteiger partial charge is 0.261 e. The van der Waals surface area contributed by atoms with E-state index in [0.717, 1.165) is 5.56 Å². The Hall–Kier alpha value is -2.12. The fourth-order valence-corrected chi connectivity index (χ4v) is 4.92. The topological polar surface area (TPSA) is 63.7 Å². The number of hydrogen-bond donors (Lipinski definition) is 0. The first-order chi connectivity index (χ1) is 12.8. The summed E-state index contributed by atoms with van der Waals surface area (Å²) < 4.78 is 42.3. The van der Waals surface area contributed by atoms with Crippen LogP contribution in [0.25, 0.3) is 0 Å². The largest absolute Gasteiger partial charge is 0.484 e. The van der Waals surface area contributed by atoms with Crippen LogP contribution in [0.3, 0.4) is 0 Å². The Balaban J connectivity index is 1.73. The standard InChI is InChI=1S/C19H19ClFNO4S/c20-15-2-1-3-18(10-15)26-12-19(23)22(17-8-9-27(24,25)13-17)11-14-4-6-16(21)7-5-14/h1-7,10,17H,8-9,11-13H2. The van der Waals surface area contributed by atoms with Crippen LogP contribution < -0.4 is 4.74 Å². The average molecular weight is 412 g/mol. The summed E-state index contributed by atoms with van der Waals surface area (Å²) in [6, 6.07) is 12.0. The van der Waals surface area contributed by atoms with Crippen LogP contribution >= 0.6 is 11.6 Å². The minimum atomic E-state index is -3.16. The van der Waals surface area contributed by atoms with Gasteiger partial charge in [0.15, 0.2) is 16.4 Å². The molecule has 1 aliphatic heterocycles. The summed E-state index contributed by atoms with van der Waals surface area (Å²) in [6.07, 6.45) is 0.381. The van der Waals surface area contributed by atoms with Crippen molar-refractivity contribution in [1.82, 2.24) is 4.90 Å². The molecule has 27 heavy (non-hydrogen) atoms. The van der Waals surface area contributed by atoms with Gasteiger partial charge in [0.1, 0.15) is 11.6 Å². The van der Waals surface area contributed by atoms with Crippen molar-refractivity contribution in [2.75, 3.05) is 18.1 Å². The number of nitrogens with zero attached hydrogens (tertiary/aromatic N) is 1. The van der Waals surface area contributed by atoms with Crippen molar-refractivity contribution in [3.8, 4) is 5.75 Å². The third kappa shape index (κ3) is 5.43. The summed E-state index contributed by atoms with van der Waals surface area (Å²) in [5.74, 6) is -0.265. The number of carbonyl (C=O) groups excluding carboxylic acids is 1. The summed E-state index contributed by atoms with van der Waals surface area (Å²) in [5, 5.41) is 0.491. The van der Waals surface area contributed by atoms with E-state index in [0.29, 0.717) is 17.2 Å². The average Bonchev–Trinajstić information content (AvgIpc) is 2.99. The van der Waals surface area contributed by atoms with Gasteiger partial charge in [0.25, 0.3) is 5.91 Å². The van der Waals surface area contributed by atoms with Crippen LogP contribution in [0.1, 0.15) is 12.0 Å². The molecule has 1 heterocycles. The van der Waals surface area contributed by atoms with Crippen LogP contribution in [0.2, 0.25) is 5.02 Å². The van der Waals surface area contributed by atoms with Crippen molar-refractivity contribution in [1.29, 1.82) is 0 Å². The second kappa shape index (κ2) is 8.27. The number of amides is 1. The van der Waals surface area contributed by atoms with Gasteiger partial charge in [0, 0.05) is 17.6 Å². The van der Waals surface area contributed by atoms with Crippen molar-refractivity contribution in [2.24, 2.45) is 0 Å². The molecule has 0 bridgehead atoms. The Bertz CT molecular complexity index is 918. The van der Waals surface area contributed by atoms with Gasteiger partial charge < -0.3 is 9.64 Å². The molecule has 2 aromatic rings. The number of carbonyl (C=O) groups is 1. The minimum absolute atomic E-state index is 0.0556. The summed E-state index contributed by atoms with van der Waals surface area (Å²) in [7, 11) is -3.16. The summed E-state index contributed by atoms with van der Waals surface area (Å²) in [4.78, 5) is 14.3. The van der Waals surface area contributed by atoms with E-state index in [9.17, 15) is 17.6 Å². The van der Waals surface area contributed by atoms with Gasteiger partial charge in [-0.2, -0.15) is 0 Å². The Morgan fingerprint density at radius 2 is 1.96 bits per heavy atom. The lowest BCUT2D eigenvalue weighted by molar-refractivity contribution is -0.136. The van der Waals surface area contributed by atoms with E-state index < -0.39 is 15.9 Å². The molecule has 1 atom stereocenters. The lowest BCUT2D eigenvalue weighted by atomic mass is 10.1. The zero-order chi connectivity index (χ0) is 19.4.